The van der Waals surface area contributed by atoms with E-state index in [1.54, 1.807) is 24.3 Å². The van der Waals surface area contributed by atoms with Gasteiger partial charge in [0.05, 0.1) is 23.9 Å². The van der Waals surface area contributed by atoms with E-state index in [9.17, 15) is 16.8 Å². The second-order valence-corrected chi connectivity index (χ2v) is 8.59. The van der Waals surface area contributed by atoms with Crippen molar-refractivity contribution in [2.24, 2.45) is 0 Å². The zero-order valence-electron chi connectivity index (χ0n) is 10.4. The Hall–Kier alpha value is -1.28. The Morgan fingerprint density at radius 2 is 1.89 bits per heavy atom. The maximum atomic E-state index is 12.0. The summed E-state index contributed by atoms with van der Waals surface area (Å²) in [4.78, 5) is 0. The Kier molecular flexibility index (Phi) is 3.73. The van der Waals surface area contributed by atoms with Gasteiger partial charge in [-0.25, -0.2) is 16.8 Å². The third-order valence-electron chi connectivity index (χ3n) is 2.98. The number of methoxy groups -OCH3 is 1. The average Bonchev–Trinajstić information content (AvgIpc) is 2.71. The number of sulfonamides is 1. The van der Waals surface area contributed by atoms with Crippen LogP contribution in [0.2, 0.25) is 0 Å². The van der Waals surface area contributed by atoms with Crippen molar-refractivity contribution in [1.82, 2.24) is 0 Å². The standard InChI is InChI=1S/C11H15NO5S2/c1-17-10-4-2-9(3-5-10)12-19(15,16)11-6-7-18(13,14)8-11/h2-5,11-12H,6-8H2,1H3. The zero-order valence-corrected chi connectivity index (χ0v) is 12.0. The van der Waals surface area contributed by atoms with Crippen molar-refractivity contribution < 1.29 is 21.6 Å². The molecule has 0 bridgehead atoms. The van der Waals surface area contributed by atoms with E-state index in [0.717, 1.165) is 0 Å². The van der Waals surface area contributed by atoms with E-state index in [4.69, 9.17) is 4.74 Å². The molecule has 106 valence electrons. The van der Waals surface area contributed by atoms with E-state index in [2.05, 4.69) is 4.72 Å². The van der Waals surface area contributed by atoms with Crippen LogP contribution in [0.25, 0.3) is 0 Å². The number of hydrogen-bond donors (Lipinski definition) is 1. The number of nitrogens with one attached hydrogen (secondary N) is 1. The molecule has 1 aromatic carbocycles. The maximum Gasteiger partial charge on any atom is 0.236 e. The van der Waals surface area contributed by atoms with Gasteiger partial charge in [0.2, 0.25) is 10.0 Å². The van der Waals surface area contributed by atoms with E-state index in [0.29, 0.717) is 11.4 Å². The molecule has 1 aromatic rings. The van der Waals surface area contributed by atoms with Crippen molar-refractivity contribution in [3.63, 3.8) is 0 Å². The number of hydrogen-bond acceptors (Lipinski definition) is 5. The Morgan fingerprint density at radius 1 is 1.26 bits per heavy atom. The first-order chi connectivity index (χ1) is 8.82. The first kappa shape index (κ1) is 14.1. The fraction of sp³-hybridized carbons (Fsp3) is 0.455. The molecule has 2 rings (SSSR count). The molecule has 1 heterocycles. The quantitative estimate of drug-likeness (QED) is 0.881. The average molecular weight is 305 g/mol. The summed E-state index contributed by atoms with van der Waals surface area (Å²) in [7, 11) is -5.38. The summed E-state index contributed by atoms with van der Waals surface area (Å²) < 4.78 is 54.1. The Labute approximate surface area is 112 Å². The summed E-state index contributed by atoms with van der Waals surface area (Å²) >= 11 is 0. The van der Waals surface area contributed by atoms with Gasteiger partial charge in [0.25, 0.3) is 0 Å². The first-order valence-corrected chi connectivity index (χ1v) is 9.05. The van der Waals surface area contributed by atoms with E-state index in [-0.39, 0.29) is 17.9 Å². The van der Waals surface area contributed by atoms with Crippen molar-refractivity contribution in [1.29, 1.82) is 0 Å². The van der Waals surface area contributed by atoms with Crippen molar-refractivity contribution in [2.45, 2.75) is 11.7 Å². The second-order valence-electron chi connectivity index (χ2n) is 4.40. The Bertz CT molecular complexity index is 649. The predicted octanol–water partition coefficient (Wildman–Crippen LogP) is 0.624. The Morgan fingerprint density at radius 3 is 2.37 bits per heavy atom. The zero-order chi connectivity index (χ0) is 14.1. The number of benzene rings is 1. The first-order valence-electron chi connectivity index (χ1n) is 5.68. The Balaban J connectivity index is 2.13. The van der Waals surface area contributed by atoms with Crippen LogP contribution >= 0.6 is 0 Å². The summed E-state index contributed by atoms with van der Waals surface area (Å²) in [5.41, 5.74) is 0.394. The van der Waals surface area contributed by atoms with Gasteiger partial charge >= 0.3 is 0 Å². The molecule has 0 amide bonds. The molecule has 0 radical (unpaired) electrons. The monoisotopic (exact) mass is 305 g/mol. The number of anilines is 1. The van der Waals surface area contributed by atoms with Crippen LogP contribution in [0.4, 0.5) is 5.69 Å². The summed E-state index contributed by atoms with van der Waals surface area (Å²) in [6.07, 6.45) is 0.147. The highest BCUT2D eigenvalue weighted by Gasteiger charge is 2.37. The van der Waals surface area contributed by atoms with Gasteiger partial charge < -0.3 is 4.74 Å². The number of sulfone groups is 1. The van der Waals surface area contributed by atoms with Gasteiger partial charge in [-0.15, -0.1) is 0 Å². The fourth-order valence-electron chi connectivity index (χ4n) is 1.91. The van der Waals surface area contributed by atoms with E-state index in [1.165, 1.54) is 7.11 Å². The molecule has 1 N–H and O–H groups in total. The molecule has 0 spiro atoms. The molecule has 6 nitrogen and oxygen atoms in total. The highest BCUT2D eigenvalue weighted by molar-refractivity contribution is 7.97. The van der Waals surface area contributed by atoms with Crippen molar-refractivity contribution in [2.75, 3.05) is 23.3 Å². The molecule has 8 heteroatoms. The number of ether oxygens (including phenoxy) is 1. The smallest absolute Gasteiger partial charge is 0.236 e. The summed E-state index contributed by atoms with van der Waals surface area (Å²) in [6.45, 7) is 0. The van der Waals surface area contributed by atoms with Crippen LogP contribution in [0, 0.1) is 0 Å². The van der Waals surface area contributed by atoms with Gasteiger partial charge in [0.15, 0.2) is 9.84 Å². The molecule has 1 unspecified atom stereocenters. The van der Waals surface area contributed by atoms with Gasteiger partial charge in [0.1, 0.15) is 5.75 Å². The largest absolute Gasteiger partial charge is 0.497 e. The molecular weight excluding hydrogens is 290 g/mol. The van der Waals surface area contributed by atoms with Crippen molar-refractivity contribution >= 4 is 25.5 Å². The van der Waals surface area contributed by atoms with E-state index < -0.39 is 25.1 Å². The van der Waals surface area contributed by atoms with Gasteiger partial charge in [-0.05, 0) is 30.7 Å². The molecule has 19 heavy (non-hydrogen) atoms. The number of rotatable bonds is 4. The maximum absolute atomic E-state index is 12.0. The summed E-state index contributed by atoms with van der Waals surface area (Å²) in [5, 5.41) is -0.875. The second kappa shape index (κ2) is 5.01. The lowest BCUT2D eigenvalue weighted by Gasteiger charge is -2.12. The third-order valence-corrected chi connectivity index (χ3v) is 6.76. The topological polar surface area (TPSA) is 89.5 Å². The van der Waals surface area contributed by atoms with Crippen LogP contribution < -0.4 is 9.46 Å². The lowest BCUT2D eigenvalue weighted by molar-refractivity contribution is 0.415. The minimum absolute atomic E-state index is 0.0683. The van der Waals surface area contributed by atoms with Crippen LogP contribution in [0.15, 0.2) is 24.3 Å². The minimum Gasteiger partial charge on any atom is -0.497 e. The molecule has 1 aliphatic heterocycles. The fourth-order valence-corrected chi connectivity index (χ4v) is 6.00. The molecule has 0 aliphatic carbocycles. The molecule has 1 atom stereocenters. The van der Waals surface area contributed by atoms with Gasteiger partial charge in [-0.2, -0.15) is 0 Å². The van der Waals surface area contributed by atoms with E-state index in [1.807, 2.05) is 0 Å². The molecule has 0 saturated carbocycles. The van der Waals surface area contributed by atoms with Gasteiger partial charge in [0, 0.05) is 5.69 Å². The molecule has 1 aliphatic rings. The lowest BCUT2D eigenvalue weighted by Crippen LogP contribution is -2.28. The van der Waals surface area contributed by atoms with Gasteiger partial charge in [-0.1, -0.05) is 0 Å². The van der Waals surface area contributed by atoms with Crippen LogP contribution in [0.5, 0.6) is 5.75 Å². The van der Waals surface area contributed by atoms with Crippen LogP contribution in [0.3, 0.4) is 0 Å². The van der Waals surface area contributed by atoms with Crippen LogP contribution in [0.1, 0.15) is 6.42 Å². The van der Waals surface area contributed by atoms with Crippen molar-refractivity contribution in [3.05, 3.63) is 24.3 Å². The SMILES string of the molecule is COc1ccc(NS(=O)(=O)C2CCS(=O)(=O)C2)cc1. The third kappa shape index (κ3) is 3.38. The predicted molar refractivity (Wildman–Crippen MR) is 72.6 cm³/mol. The van der Waals surface area contributed by atoms with E-state index >= 15 is 0 Å². The van der Waals surface area contributed by atoms with Crippen LogP contribution in [-0.4, -0.2) is 40.7 Å². The summed E-state index contributed by atoms with van der Waals surface area (Å²) in [6, 6.07) is 6.39. The molecule has 1 fully saturated rings. The van der Waals surface area contributed by atoms with Crippen molar-refractivity contribution in [3.8, 4) is 5.75 Å². The molecule has 0 aromatic heterocycles. The highest BCUT2D eigenvalue weighted by atomic mass is 32.2. The summed E-state index contributed by atoms with van der Waals surface area (Å²) in [5.74, 6) is 0.242. The van der Waals surface area contributed by atoms with Crippen LogP contribution in [-0.2, 0) is 19.9 Å². The lowest BCUT2D eigenvalue weighted by atomic mass is 10.3. The highest BCUT2D eigenvalue weighted by Crippen LogP contribution is 2.22. The molecular formula is C11H15NO5S2. The minimum atomic E-state index is -3.67. The normalized spacial score (nSPS) is 22.1. The van der Waals surface area contributed by atoms with Gasteiger partial charge in [-0.3, -0.25) is 4.72 Å². The molecule has 1 saturated heterocycles.